The molecular formula is C28H44N6O5. The van der Waals surface area contributed by atoms with E-state index in [9.17, 15) is 24.3 Å². The highest BCUT2D eigenvalue weighted by Crippen LogP contribution is 2.19. The first-order valence-corrected chi connectivity index (χ1v) is 13.6. The van der Waals surface area contributed by atoms with Gasteiger partial charge in [-0.2, -0.15) is 0 Å². The Hall–Kier alpha value is -3.44. The Morgan fingerprint density at radius 1 is 0.897 bits per heavy atom. The maximum absolute atomic E-state index is 13.6. The molecule has 4 unspecified atom stereocenters. The van der Waals surface area contributed by atoms with E-state index in [0.717, 1.165) is 16.5 Å². The molecule has 1 aromatic heterocycles. The Kier molecular flexibility index (Phi) is 12.4. The molecule has 0 radical (unpaired) electrons. The van der Waals surface area contributed by atoms with Gasteiger partial charge in [-0.25, -0.2) is 4.79 Å². The fraction of sp³-hybridized carbons (Fsp3) is 0.571. The average molecular weight is 545 g/mol. The third-order valence-corrected chi connectivity index (χ3v) is 6.65. The van der Waals surface area contributed by atoms with Crippen LogP contribution < -0.4 is 27.4 Å². The number of aromatic nitrogens is 1. The quantitative estimate of drug-likeness (QED) is 0.155. The molecule has 0 saturated carbocycles. The van der Waals surface area contributed by atoms with Crippen molar-refractivity contribution in [2.24, 2.45) is 23.3 Å². The zero-order valence-electron chi connectivity index (χ0n) is 23.3. The summed E-state index contributed by atoms with van der Waals surface area (Å²) in [4.78, 5) is 54.5. The van der Waals surface area contributed by atoms with Gasteiger partial charge in [0.15, 0.2) is 0 Å². The van der Waals surface area contributed by atoms with Gasteiger partial charge in [0.2, 0.25) is 17.7 Å². The number of fused-ring (bicyclic) bond motifs is 1. The van der Waals surface area contributed by atoms with Gasteiger partial charge < -0.3 is 37.5 Å². The maximum Gasteiger partial charge on any atom is 0.326 e. The minimum Gasteiger partial charge on any atom is -0.480 e. The summed E-state index contributed by atoms with van der Waals surface area (Å²) in [6.07, 6.45) is 3.64. The Labute approximate surface area is 229 Å². The van der Waals surface area contributed by atoms with Crippen LogP contribution in [0.2, 0.25) is 0 Å². The fourth-order valence-electron chi connectivity index (χ4n) is 4.30. The third kappa shape index (κ3) is 9.67. The van der Waals surface area contributed by atoms with Crippen molar-refractivity contribution in [3.05, 3.63) is 36.0 Å². The van der Waals surface area contributed by atoms with Gasteiger partial charge in [-0.15, -0.1) is 0 Å². The van der Waals surface area contributed by atoms with Gasteiger partial charge >= 0.3 is 5.97 Å². The highest BCUT2D eigenvalue weighted by Gasteiger charge is 2.31. The van der Waals surface area contributed by atoms with E-state index < -0.39 is 47.9 Å². The van der Waals surface area contributed by atoms with Crippen LogP contribution in [0.4, 0.5) is 0 Å². The van der Waals surface area contributed by atoms with Crippen molar-refractivity contribution in [1.82, 2.24) is 20.9 Å². The zero-order valence-corrected chi connectivity index (χ0v) is 23.3. The van der Waals surface area contributed by atoms with Crippen molar-refractivity contribution in [2.75, 3.05) is 6.54 Å². The summed E-state index contributed by atoms with van der Waals surface area (Å²) in [5.41, 5.74) is 13.4. The minimum atomic E-state index is -1.14. The largest absolute Gasteiger partial charge is 0.480 e. The molecule has 0 aliphatic heterocycles. The van der Waals surface area contributed by atoms with E-state index >= 15 is 0 Å². The van der Waals surface area contributed by atoms with E-state index in [2.05, 4.69) is 20.9 Å². The molecule has 0 saturated heterocycles. The molecule has 0 spiro atoms. The number of carboxylic acid groups (broad SMARTS) is 1. The summed E-state index contributed by atoms with van der Waals surface area (Å²) in [5.74, 6) is -2.88. The van der Waals surface area contributed by atoms with E-state index in [-0.39, 0.29) is 31.1 Å². The van der Waals surface area contributed by atoms with Crippen LogP contribution in [0.1, 0.15) is 58.9 Å². The predicted octanol–water partition coefficient (Wildman–Crippen LogP) is 1.41. The first-order chi connectivity index (χ1) is 18.4. The van der Waals surface area contributed by atoms with Crippen molar-refractivity contribution in [1.29, 1.82) is 0 Å². The average Bonchev–Trinajstić information content (AvgIpc) is 3.29. The molecule has 0 fully saturated rings. The lowest BCUT2D eigenvalue weighted by molar-refractivity contribution is -0.142. The van der Waals surface area contributed by atoms with Gasteiger partial charge in [-0.3, -0.25) is 14.4 Å². The summed E-state index contributed by atoms with van der Waals surface area (Å²) in [7, 11) is 0. The number of hydrogen-bond acceptors (Lipinski definition) is 6. The Morgan fingerprint density at radius 2 is 1.51 bits per heavy atom. The monoisotopic (exact) mass is 544 g/mol. The van der Waals surface area contributed by atoms with Crippen molar-refractivity contribution in [2.45, 2.75) is 84.0 Å². The van der Waals surface area contributed by atoms with Crippen LogP contribution in [0, 0.1) is 11.8 Å². The fourth-order valence-corrected chi connectivity index (χ4v) is 4.30. The molecule has 11 nitrogen and oxygen atoms in total. The van der Waals surface area contributed by atoms with Crippen LogP contribution in [0.5, 0.6) is 0 Å². The molecule has 11 heteroatoms. The number of aromatic amines is 1. The van der Waals surface area contributed by atoms with E-state index in [4.69, 9.17) is 11.5 Å². The van der Waals surface area contributed by atoms with Crippen molar-refractivity contribution >= 4 is 34.6 Å². The van der Waals surface area contributed by atoms with E-state index in [0.29, 0.717) is 19.4 Å². The standard InChI is InChI=1S/C28H44N6O5/c1-16(2)13-23(28(38)39)34-25(35)21(11-7-8-12-29)32-26(36)22(33-27(37)24(30)17(3)4)14-18-15-31-20-10-6-5-9-19(18)20/h5-6,9-10,15-17,21-24,31H,7-8,11-14,29-30H2,1-4H3,(H,32,36)(H,33,37)(H,34,35)(H,38,39). The molecule has 1 heterocycles. The number of aliphatic carboxylic acids is 1. The smallest absolute Gasteiger partial charge is 0.326 e. The lowest BCUT2D eigenvalue weighted by Gasteiger charge is -2.26. The van der Waals surface area contributed by atoms with Crippen molar-refractivity contribution < 1.29 is 24.3 Å². The lowest BCUT2D eigenvalue weighted by atomic mass is 10.00. The molecular weight excluding hydrogens is 500 g/mol. The number of rotatable bonds is 16. The van der Waals surface area contributed by atoms with Gasteiger partial charge in [-0.05, 0) is 55.7 Å². The number of hydrogen-bond donors (Lipinski definition) is 7. The number of carbonyl (C=O) groups excluding carboxylic acids is 3. The molecule has 39 heavy (non-hydrogen) atoms. The van der Waals surface area contributed by atoms with Crippen LogP contribution in [0.15, 0.2) is 30.5 Å². The number of amides is 3. The molecule has 9 N–H and O–H groups in total. The van der Waals surface area contributed by atoms with E-state index in [1.807, 2.05) is 52.0 Å². The van der Waals surface area contributed by atoms with Crippen LogP contribution in [-0.2, 0) is 25.6 Å². The molecule has 4 atom stereocenters. The second-order valence-electron chi connectivity index (χ2n) is 10.8. The number of para-hydroxylation sites is 1. The highest BCUT2D eigenvalue weighted by molar-refractivity contribution is 5.95. The first-order valence-electron chi connectivity index (χ1n) is 13.6. The Morgan fingerprint density at radius 3 is 2.13 bits per heavy atom. The van der Waals surface area contributed by atoms with Gasteiger partial charge in [0.05, 0.1) is 6.04 Å². The Balaban J connectivity index is 2.30. The summed E-state index contributed by atoms with van der Waals surface area (Å²) in [5, 5.41) is 18.6. The van der Waals surface area contributed by atoms with Gasteiger partial charge in [0.1, 0.15) is 18.1 Å². The van der Waals surface area contributed by atoms with Gasteiger partial charge in [0.25, 0.3) is 0 Å². The van der Waals surface area contributed by atoms with E-state index in [1.54, 1.807) is 6.20 Å². The number of unbranched alkanes of at least 4 members (excludes halogenated alkanes) is 1. The molecule has 0 bridgehead atoms. The number of carbonyl (C=O) groups is 4. The topological polar surface area (TPSA) is 192 Å². The Bertz CT molecular complexity index is 1110. The second-order valence-corrected chi connectivity index (χ2v) is 10.8. The van der Waals surface area contributed by atoms with Crippen molar-refractivity contribution in [3.63, 3.8) is 0 Å². The molecule has 216 valence electrons. The van der Waals surface area contributed by atoms with Crippen LogP contribution in [0.3, 0.4) is 0 Å². The molecule has 1 aromatic carbocycles. The van der Waals surface area contributed by atoms with Crippen LogP contribution >= 0.6 is 0 Å². The van der Waals surface area contributed by atoms with Gasteiger partial charge in [0, 0.05) is 23.5 Å². The molecule has 2 rings (SSSR count). The molecule has 2 aromatic rings. The summed E-state index contributed by atoms with van der Waals surface area (Å²) >= 11 is 0. The predicted molar refractivity (Wildman–Crippen MR) is 151 cm³/mol. The molecule has 0 aliphatic carbocycles. The number of nitrogens with two attached hydrogens (primary N) is 2. The van der Waals surface area contributed by atoms with Crippen molar-refractivity contribution in [3.8, 4) is 0 Å². The van der Waals surface area contributed by atoms with Crippen LogP contribution in [0.25, 0.3) is 10.9 Å². The van der Waals surface area contributed by atoms with E-state index in [1.165, 1.54) is 0 Å². The minimum absolute atomic E-state index is 0.0395. The highest BCUT2D eigenvalue weighted by atomic mass is 16.4. The lowest BCUT2D eigenvalue weighted by Crippen LogP contribution is -2.58. The number of benzene rings is 1. The van der Waals surface area contributed by atoms with Gasteiger partial charge in [-0.1, -0.05) is 45.9 Å². The summed E-state index contributed by atoms with van der Waals surface area (Å²) in [6, 6.07) is 3.68. The second kappa shape index (κ2) is 15.2. The number of H-pyrrole nitrogens is 1. The van der Waals surface area contributed by atoms with Crippen LogP contribution in [-0.4, -0.2) is 64.5 Å². The zero-order chi connectivity index (χ0) is 29.1. The molecule has 0 aliphatic rings. The summed E-state index contributed by atoms with van der Waals surface area (Å²) < 4.78 is 0. The SMILES string of the molecule is CC(C)CC(NC(=O)C(CCCCN)NC(=O)C(Cc1c[nH]c2ccccc12)NC(=O)C(N)C(C)C)C(=O)O. The first kappa shape index (κ1) is 31.8. The third-order valence-electron chi connectivity index (χ3n) is 6.65. The number of carboxylic acids is 1. The summed E-state index contributed by atoms with van der Waals surface area (Å²) in [6.45, 7) is 7.77. The molecule has 3 amide bonds. The maximum atomic E-state index is 13.6. The number of nitrogens with one attached hydrogen (secondary N) is 4. The normalized spacial score (nSPS) is 14.6.